The highest BCUT2D eigenvalue weighted by Gasteiger charge is 2.11. The number of pyridine rings is 1. The summed E-state index contributed by atoms with van der Waals surface area (Å²) >= 11 is 0. The lowest BCUT2D eigenvalue weighted by molar-refractivity contribution is 0.470. The minimum Gasteiger partial charge on any atom is -0.452 e. The largest absolute Gasteiger partial charge is 0.452 e. The van der Waals surface area contributed by atoms with Crippen LogP contribution in [-0.2, 0) is 13.6 Å². The molecule has 6 nitrogen and oxygen atoms in total. The van der Waals surface area contributed by atoms with Crippen LogP contribution in [0.15, 0.2) is 71.7 Å². The number of nitrogens with zero attached hydrogens (tertiary/aromatic N) is 3. The van der Waals surface area contributed by atoms with Crippen molar-refractivity contribution in [2.75, 3.05) is 5.32 Å². The fourth-order valence-electron chi connectivity index (χ4n) is 2.78. The molecular formula is C21H17FN4O2. The number of aromatic nitrogens is 3. The van der Waals surface area contributed by atoms with Crippen molar-refractivity contribution in [2.45, 2.75) is 6.54 Å². The monoisotopic (exact) mass is 376 g/mol. The molecule has 7 heteroatoms. The van der Waals surface area contributed by atoms with Gasteiger partial charge in [-0.2, -0.15) is 4.98 Å². The lowest BCUT2D eigenvalue weighted by Gasteiger charge is -2.11. The standard InChI is InChI=1S/C21H17FN4O2/c1-26-19-15(11-18(20(26)27)28-17-9-7-16(22)8-10-17)13-24-21(25-19)23-12-14-5-3-2-4-6-14/h2-11,13H,12H2,1H3,(H,23,24,25). The number of fused-ring (bicyclic) bond motifs is 1. The minimum atomic E-state index is -0.373. The van der Waals surface area contributed by atoms with Gasteiger partial charge in [-0.25, -0.2) is 9.37 Å². The van der Waals surface area contributed by atoms with Gasteiger partial charge in [-0.3, -0.25) is 9.36 Å². The highest BCUT2D eigenvalue weighted by molar-refractivity contribution is 5.76. The highest BCUT2D eigenvalue weighted by atomic mass is 19.1. The number of ether oxygens (including phenoxy) is 1. The molecule has 28 heavy (non-hydrogen) atoms. The average Bonchev–Trinajstić information content (AvgIpc) is 2.73. The molecule has 2 heterocycles. The zero-order valence-electron chi connectivity index (χ0n) is 15.1. The van der Waals surface area contributed by atoms with Crippen LogP contribution < -0.4 is 15.6 Å². The Morgan fingerprint density at radius 3 is 2.61 bits per heavy atom. The van der Waals surface area contributed by atoms with Gasteiger partial charge in [0.2, 0.25) is 5.95 Å². The first-order valence-electron chi connectivity index (χ1n) is 8.68. The van der Waals surface area contributed by atoms with E-state index in [0.29, 0.717) is 29.3 Å². The summed E-state index contributed by atoms with van der Waals surface area (Å²) in [4.78, 5) is 21.4. The lowest BCUT2D eigenvalue weighted by atomic mass is 10.2. The van der Waals surface area contributed by atoms with E-state index in [1.165, 1.54) is 28.8 Å². The molecule has 0 radical (unpaired) electrons. The van der Waals surface area contributed by atoms with Crippen molar-refractivity contribution in [3.63, 3.8) is 0 Å². The van der Waals surface area contributed by atoms with Gasteiger partial charge in [0.15, 0.2) is 5.75 Å². The van der Waals surface area contributed by atoms with E-state index in [4.69, 9.17) is 4.74 Å². The van der Waals surface area contributed by atoms with Gasteiger partial charge < -0.3 is 10.1 Å². The number of nitrogens with one attached hydrogen (secondary N) is 1. The number of hydrogen-bond acceptors (Lipinski definition) is 5. The van der Waals surface area contributed by atoms with Gasteiger partial charge in [0.25, 0.3) is 5.56 Å². The van der Waals surface area contributed by atoms with Crippen LogP contribution in [0.4, 0.5) is 10.3 Å². The number of hydrogen-bond donors (Lipinski definition) is 1. The number of rotatable bonds is 5. The third kappa shape index (κ3) is 3.68. The van der Waals surface area contributed by atoms with Crippen LogP contribution in [-0.4, -0.2) is 14.5 Å². The van der Waals surface area contributed by atoms with Gasteiger partial charge in [-0.15, -0.1) is 0 Å². The normalized spacial score (nSPS) is 10.8. The average molecular weight is 376 g/mol. The number of aryl methyl sites for hydroxylation is 1. The Labute approximate surface area is 160 Å². The van der Waals surface area contributed by atoms with E-state index in [1.54, 1.807) is 19.3 Å². The molecule has 4 rings (SSSR count). The number of halogens is 1. The fourth-order valence-corrected chi connectivity index (χ4v) is 2.78. The Balaban J connectivity index is 1.62. The third-order valence-corrected chi connectivity index (χ3v) is 4.25. The van der Waals surface area contributed by atoms with E-state index in [2.05, 4.69) is 15.3 Å². The fraction of sp³-hybridized carbons (Fsp3) is 0.0952. The summed E-state index contributed by atoms with van der Waals surface area (Å²) in [6, 6.07) is 16.9. The molecule has 0 saturated carbocycles. The second kappa shape index (κ2) is 7.48. The van der Waals surface area contributed by atoms with Crippen LogP contribution in [0.2, 0.25) is 0 Å². The summed E-state index contributed by atoms with van der Waals surface area (Å²) in [5.41, 5.74) is 1.25. The molecule has 0 fully saturated rings. The van der Waals surface area contributed by atoms with Crippen LogP contribution in [0.3, 0.4) is 0 Å². The Morgan fingerprint density at radius 1 is 1.11 bits per heavy atom. The molecule has 0 spiro atoms. The van der Waals surface area contributed by atoms with Crippen molar-refractivity contribution in [3.8, 4) is 11.5 Å². The first-order valence-corrected chi connectivity index (χ1v) is 8.68. The van der Waals surface area contributed by atoms with Crippen LogP contribution in [0.25, 0.3) is 11.0 Å². The van der Waals surface area contributed by atoms with Crippen molar-refractivity contribution in [3.05, 3.63) is 88.6 Å². The van der Waals surface area contributed by atoms with E-state index < -0.39 is 0 Å². The first kappa shape index (κ1) is 17.7. The molecule has 0 aliphatic rings. The topological polar surface area (TPSA) is 69.0 Å². The lowest BCUT2D eigenvalue weighted by Crippen LogP contribution is -2.19. The molecule has 2 aromatic heterocycles. The smallest absolute Gasteiger partial charge is 0.294 e. The Hall–Kier alpha value is -3.74. The molecule has 4 aromatic rings. The second-order valence-corrected chi connectivity index (χ2v) is 6.24. The molecule has 0 aliphatic carbocycles. The minimum absolute atomic E-state index is 0.121. The van der Waals surface area contributed by atoms with Gasteiger partial charge in [0.05, 0.1) is 0 Å². The van der Waals surface area contributed by atoms with Crippen molar-refractivity contribution >= 4 is 17.0 Å². The molecular weight excluding hydrogens is 359 g/mol. The Bertz CT molecular complexity index is 1170. The summed E-state index contributed by atoms with van der Waals surface area (Å²) in [6.45, 7) is 0.575. The van der Waals surface area contributed by atoms with Crippen molar-refractivity contribution < 1.29 is 9.13 Å². The predicted molar refractivity (Wildman–Crippen MR) is 105 cm³/mol. The van der Waals surface area contributed by atoms with E-state index in [0.717, 1.165) is 5.56 Å². The summed E-state index contributed by atoms with van der Waals surface area (Å²) in [7, 11) is 1.62. The van der Waals surface area contributed by atoms with Gasteiger partial charge in [0, 0.05) is 25.2 Å². The number of anilines is 1. The quantitative estimate of drug-likeness (QED) is 0.573. The molecule has 0 bridgehead atoms. The maximum atomic E-state index is 13.0. The molecule has 140 valence electrons. The van der Waals surface area contributed by atoms with Gasteiger partial charge in [-0.05, 0) is 35.9 Å². The van der Waals surface area contributed by atoms with E-state index in [1.807, 2.05) is 30.3 Å². The van der Waals surface area contributed by atoms with Crippen molar-refractivity contribution in [2.24, 2.45) is 7.05 Å². The maximum absolute atomic E-state index is 13.0. The molecule has 0 atom stereocenters. The second-order valence-electron chi connectivity index (χ2n) is 6.24. The molecule has 1 N–H and O–H groups in total. The number of benzene rings is 2. The zero-order chi connectivity index (χ0) is 19.5. The van der Waals surface area contributed by atoms with Crippen LogP contribution >= 0.6 is 0 Å². The third-order valence-electron chi connectivity index (χ3n) is 4.25. The Kier molecular flexibility index (Phi) is 4.72. The summed E-state index contributed by atoms with van der Waals surface area (Å²) in [5, 5.41) is 3.81. The summed E-state index contributed by atoms with van der Waals surface area (Å²) in [5.74, 6) is 0.552. The van der Waals surface area contributed by atoms with Crippen LogP contribution in [0, 0.1) is 5.82 Å². The van der Waals surface area contributed by atoms with Gasteiger partial charge in [-0.1, -0.05) is 30.3 Å². The van der Waals surface area contributed by atoms with E-state index in [9.17, 15) is 9.18 Å². The molecule has 0 unspecified atom stereocenters. The van der Waals surface area contributed by atoms with E-state index in [-0.39, 0.29) is 17.1 Å². The van der Waals surface area contributed by atoms with E-state index >= 15 is 0 Å². The molecule has 0 amide bonds. The van der Waals surface area contributed by atoms with Crippen LogP contribution in [0.1, 0.15) is 5.56 Å². The molecule has 0 aliphatic heterocycles. The summed E-state index contributed by atoms with van der Waals surface area (Å²) in [6.07, 6.45) is 1.63. The SMILES string of the molecule is Cn1c(=O)c(Oc2ccc(F)cc2)cc2cnc(NCc3ccccc3)nc21. The van der Waals surface area contributed by atoms with Gasteiger partial charge >= 0.3 is 0 Å². The molecule has 0 saturated heterocycles. The van der Waals surface area contributed by atoms with Crippen LogP contribution in [0.5, 0.6) is 11.5 Å². The zero-order valence-corrected chi connectivity index (χ0v) is 15.1. The van der Waals surface area contributed by atoms with Crippen molar-refractivity contribution in [1.29, 1.82) is 0 Å². The van der Waals surface area contributed by atoms with Gasteiger partial charge in [0.1, 0.15) is 17.2 Å². The van der Waals surface area contributed by atoms with Crippen molar-refractivity contribution in [1.82, 2.24) is 14.5 Å². The maximum Gasteiger partial charge on any atom is 0.294 e. The predicted octanol–water partition coefficient (Wildman–Crippen LogP) is 3.87. The highest BCUT2D eigenvalue weighted by Crippen LogP contribution is 2.22. The molecule has 2 aromatic carbocycles. The first-order chi connectivity index (χ1) is 13.6. The summed E-state index contributed by atoms with van der Waals surface area (Å²) < 4.78 is 20.1. The Morgan fingerprint density at radius 2 is 1.86 bits per heavy atom.